The SMILES string of the molecule is CC.N#Cc1ccc(OC2CCN(CCc3ccccc3N3CCCCC3=O)C2)cc1. The summed E-state index contributed by atoms with van der Waals surface area (Å²) in [6.07, 6.45) is 4.87. The van der Waals surface area contributed by atoms with Crippen LogP contribution in [-0.4, -0.2) is 43.1 Å². The van der Waals surface area contributed by atoms with Crippen molar-refractivity contribution in [2.45, 2.75) is 52.1 Å². The molecule has 0 spiro atoms. The van der Waals surface area contributed by atoms with Gasteiger partial charge in [-0.25, -0.2) is 0 Å². The maximum absolute atomic E-state index is 12.3. The average Bonchev–Trinajstić information content (AvgIpc) is 3.27. The van der Waals surface area contributed by atoms with E-state index in [4.69, 9.17) is 10.00 Å². The Hall–Kier alpha value is -2.84. The Kier molecular flexibility index (Phi) is 8.49. The molecule has 5 heteroatoms. The van der Waals surface area contributed by atoms with E-state index in [0.29, 0.717) is 12.0 Å². The fraction of sp³-hybridized carbons (Fsp3) is 0.462. The van der Waals surface area contributed by atoms with Crippen LogP contribution in [0.15, 0.2) is 48.5 Å². The third kappa shape index (κ3) is 6.08. The van der Waals surface area contributed by atoms with Gasteiger partial charge in [0.1, 0.15) is 11.9 Å². The highest BCUT2D eigenvalue weighted by Crippen LogP contribution is 2.26. The van der Waals surface area contributed by atoms with Gasteiger partial charge in [-0.05, 0) is 61.6 Å². The van der Waals surface area contributed by atoms with E-state index in [2.05, 4.69) is 29.2 Å². The molecule has 2 aliphatic heterocycles. The molecule has 2 fully saturated rings. The first-order valence-electron chi connectivity index (χ1n) is 11.5. The number of benzene rings is 2. The summed E-state index contributed by atoms with van der Waals surface area (Å²) in [5, 5.41) is 8.90. The van der Waals surface area contributed by atoms with E-state index in [1.807, 2.05) is 36.9 Å². The Balaban J connectivity index is 0.00000132. The van der Waals surface area contributed by atoms with Crippen molar-refractivity contribution in [3.8, 4) is 11.8 Å². The number of para-hydroxylation sites is 1. The minimum Gasteiger partial charge on any atom is -0.489 e. The van der Waals surface area contributed by atoms with E-state index in [1.165, 1.54) is 5.56 Å². The van der Waals surface area contributed by atoms with E-state index in [0.717, 1.165) is 63.3 Å². The van der Waals surface area contributed by atoms with Crippen LogP contribution in [-0.2, 0) is 11.2 Å². The molecule has 0 aromatic heterocycles. The van der Waals surface area contributed by atoms with E-state index in [-0.39, 0.29) is 12.0 Å². The van der Waals surface area contributed by atoms with Crippen molar-refractivity contribution in [3.05, 3.63) is 59.7 Å². The number of amides is 1. The van der Waals surface area contributed by atoms with Crippen molar-refractivity contribution in [3.63, 3.8) is 0 Å². The minimum absolute atomic E-state index is 0.182. The van der Waals surface area contributed by atoms with E-state index in [1.54, 1.807) is 12.1 Å². The Morgan fingerprint density at radius 2 is 1.84 bits per heavy atom. The summed E-state index contributed by atoms with van der Waals surface area (Å²) in [7, 11) is 0. The van der Waals surface area contributed by atoms with E-state index < -0.39 is 0 Å². The quantitative estimate of drug-likeness (QED) is 0.675. The van der Waals surface area contributed by atoms with Gasteiger partial charge in [0.05, 0.1) is 11.6 Å². The van der Waals surface area contributed by atoms with Gasteiger partial charge in [0.25, 0.3) is 0 Å². The zero-order valence-electron chi connectivity index (χ0n) is 18.7. The molecule has 2 aromatic carbocycles. The molecule has 1 atom stereocenters. The number of nitriles is 1. The molecule has 2 aliphatic rings. The Bertz CT molecular complexity index is 888. The normalized spacial score (nSPS) is 18.8. The van der Waals surface area contributed by atoms with Crippen molar-refractivity contribution < 1.29 is 9.53 Å². The molecule has 1 unspecified atom stereocenters. The smallest absolute Gasteiger partial charge is 0.226 e. The number of anilines is 1. The molecule has 0 aliphatic carbocycles. The predicted octanol–water partition coefficient (Wildman–Crippen LogP) is 4.80. The number of likely N-dealkylation sites (tertiary alicyclic amines) is 1. The largest absolute Gasteiger partial charge is 0.489 e. The zero-order valence-corrected chi connectivity index (χ0v) is 18.7. The van der Waals surface area contributed by atoms with Crippen LogP contribution < -0.4 is 9.64 Å². The second-order valence-electron chi connectivity index (χ2n) is 7.85. The summed E-state index contributed by atoms with van der Waals surface area (Å²) >= 11 is 0. The molecule has 2 heterocycles. The fourth-order valence-corrected chi connectivity index (χ4v) is 4.22. The van der Waals surface area contributed by atoms with Crippen LogP contribution >= 0.6 is 0 Å². The molecular formula is C26H33N3O2. The summed E-state index contributed by atoms with van der Waals surface area (Å²) in [6, 6.07) is 17.8. The summed E-state index contributed by atoms with van der Waals surface area (Å²) in [5.41, 5.74) is 2.98. The molecule has 2 aromatic rings. The van der Waals surface area contributed by atoms with Crippen LogP contribution in [0.1, 0.15) is 50.7 Å². The number of rotatable bonds is 6. The summed E-state index contributed by atoms with van der Waals surface area (Å²) in [5.74, 6) is 1.07. The van der Waals surface area contributed by atoms with Crippen LogP contribution in [0.2, 0.25) is 0 Å². The highest BCUT2D eigenvalue weighted by molar-refractivity contribution is 5.94. The fourth-order valence-electron chi connectivity index (χ4n) is 4.22. The lowest BCUT2D eigenvalue weighted by Crippen LogP contribution is -2.36. The lowest BCUT2D eigenvalue weighted by atomic mass is 10.0. The van der Waals surface area contributed by atoms with Gasteiger partial charge in [0.15, 0.2) is 0 Å². The van der Waals surface area contributed by atoms with Gasteiger partial charge < -0.3 is 9.64 Å². The molecule has 164 valence electrons. The zero-order chi connectivity index (χ0) is 22.1. The molecule has 0 radical (unpaired) electrons. The van der Waals surface area contributed by atoms with Crippen LogP contribution in [0.25, 0.3) is 0 Å². The number of carbonyl (C=O) groups excluding carboxylic acids is 1. The molecule has 31 heavy (non-hydrogen) atoms. The number of hydrogen-bond acceptors (Lipinski definition) is 4. The summed E-state index contributed by atoms with van der Waals surface area (Å²) in [6.45, 7) is 7.73. The monoisotopic (exact) mass is 419 g/mol. The number of nitrogens with zero attached hydrogens (tertiary/aromatic N) is 3. The highest BCUT2D eigenvalue weighted by Gasteiger charge is 2.25. The molecular weight excluding hydrogens is 386 g/mol. The molecule has 4 rings (SSSR count). The Morgan fingerprint density at radius 1 is 1.06 bits per heavy atom. The van der Waals surface area contributed by atoms with Crippen LogP contribution in [0.5, 0.6) is 5.75 Å². The topological polar surface area (TPSA) is 56.6 Å². The molecule has 0 saturated carbocycles. The second kappa shape index (κ2) is 11.5. The van der Waals surface area contributed by atoms with Gasteiger partial charge in [-0.1, -0.05) is 32.0 Å². The Morgan fingerprint density at radius 3 is 2.58 bits per heavy atom. The van der Waals surface area contributed by atoms with E-state index in [9.17, 15) is 4.79 Å². The van der Waals surface area contributed by atoms with Crippen molar-refractivity contribution in [1.29, 1.82) is 5.26 Å². The maximum atomic E-state index is 12.3. The first-order chi connectivity index (χ1) is 15.2. The number of carbonyl (C=O) groups is 1. The highest BCUT2D eigenvalue weighted by atomic mass is 16.5. The lowest BCUT2D eigenvalue weighted by Gasteiger charge is -2.29. The maximum Gasteiger partial charge on any atom is 0.226 e. The third-order valence-electron chi connectivity index (χ3n) is 5.82. The lowest BCUT2D eigenvalue weighted by molar-refractivity contribution is -0.119. The van der Waals surface area contributed by atoms with E-state index >= 15 is 0 Å². The molecule has 1 amide bonds. The van der Waals surface area contributed by atoms with Crippen molar-refractivity contribution in [2.75, 3.05) is 31.1 Å². The van der Waals surface area contributed by atoms with Gasteiger partial charge in [-0.2, -0.15) is 5.26 Å². The molecule has 0 bridgehead atoms. The van der Waals surface area contributed by atoms with Crippen LogP contribution in [0.4, 0.5) is 5.69 Å². The van der Waals surface area contributed by atoms with Gasteiger partial charge in [-0.15, -0.1) is 0 Å². The number of piperidine rings is 1. The first kappa shape index (κ1) is 22.8. The first-order valence-corrected chi connectivity index (χ1v) is 11.5. The van der Waals surface area contributed by atoms with Crippen LogP contribution in [0, 0.1) is 11.3 Å². The third-order valence-corrected chi connectivity index (χ3v) is 5.82. The number of hydrogen-bond donors (Lipinski definition) is 0. The molecule has 2 saturated heterocycles. The number of ether oxygens (including phenoxy) is 1. The molecule has 5 nitrogen and oxygen atoms in total. The van der Waals surface area contributed by atoms with Gasteiger partial charge in [-0.3, -0.25) is 9.69 Å². The average molecular weight is 420 g/mol. The standard InChI is InChI=1S/C24H27N3O2.C2H6/c25-17-19-8-10-21(11-9-19)29-22-13-16-26(18-22)15-12-20-5-1-2-6-23(20)27-14-4-3-7-24(27)28;1-2/h1-2,5-6,8-11,22H,3-4,7,12-16,18H2;1-2H3. The molecule has 0 N–H and O–H groups in total. The predicted molar refractivity (Wildman–Crippen MR) is 124 cm³/mol. The summed E-state index contributed by atoms with van der Waals surface area (Å²) < 4.78 is 6.09. The van der Waals surface area contributed by atoms with Crippen molar-refractivity contribution >= 4 is 11.6 Å². The van der Waals surface area contributed by atoms with Gasteiger partial charge >= 0.3 is 0 Å². The Labute approximate surface area is 186 Å². The van der Waals surface area contributed by atoms with Gasteiger partial charge in [0, 0.05) is 38.3 Å². The van der Waals surface area contributed by atoms with Crippen molar-refractivity contribution in [2.24, 2.45) is 0 Å². The van der Waals surface area contributed by atoms with Gasteiger partial charge in [0.2, 0.25) is 5.91 Å². The minimum atomic E-state index is 0.182. The van der Waals surface area contributed by atoms with Crippen molar-refractivity contribution in [1.82, 2.24) is 4.90 Å². The van der Waals surface area contributed by atoms with Crippen LogP contribution in [0.3, 0.4) is 0 Å². The summed E-state index contributed by atoms with van der Waals surface area (Å²) in [4.78, 5) is 16.8. The second-order valence-corrected chi connectivity index (χ2v) is 7.85.